The van der Waals surface area contributed by atoms with Gasteiger partial charge in [0.1, 0.15) is 0 Å². The van der Waals surface area contributed by atoms with E-state index in [0.717, 1.165) is 11.9 Å². The summed E-state index contributed by atoms with van der Waals surface area (Å²) in [6, 6.07) is 0. The topological polar surface area (TPSA) is 52.2 Å². The Labute approximate surface area is 43.1 Å². The molecule has 0 aliphatic heterocycles. The predicted molar refractivity (Wildman–Crippen MR) is 25.6 cm³/mol. The van der Waals surface area contributed by atoms with Crippen LogP contribution in [0, 0.1) is 0 Å². The van der Waals surface area contributed by atoms with Gasteiger partial charge in [-0.1, -0.05) is 11.9 Å². The maximum absolute atomic E-state index is 9.47. The van der Waals surface area contributed by atoms with Gasteiger partial charge in [-0.2, -0.15) is 4.13 Å². The normalized spacial score (nSPS) is 14.3. The molecule has 0 aromatic rings. The summed E-state index contributed by atoms with van der Waals surface area (Å²) in [4.78, 5) is 0. The van der Waals surface area contributed by atoms with E-state index in [1.807, 2.05) is 4.13 Å². The molecule has 38 valence electrons. The van der Waals surface area contributed by atoms with Crippen LogP contribution in [0.5, 0.6) is 0 Å². The van der Waals surface area contributed by atoms with E-state index in [1.165, 1.54) is 0 Å². The van der Waals surface area contributed by atoms with Crippen LogP contribution in [-0.4, -0.2) is 15.0 Å². The molecule has 0 saturated heterocycles. The van der Waals surface area contributed by atoms with Crippen LogP contribution in [0.4, 0.5) is 0 Å². The maximum Gasteiger partial charge on any atom is 0.0283 e. The van der Waals surface area contributed by atoms with Crippen molar-refractivity contribution >= 4 is 23.2 Å². The van der Waals surface area contributed by atoms with Crippen molar-refractivity contribution in [2.75, 3.05) is 6.26 Å². The third-order valence-corrected chi connectivity index (χ3v) is 1.36. The molecule has 0 amide bonds. The molecule has 0 heterocycles. The van der Waals surface area contributed by atoms with Crippen molar-refractivity contribution < 1.29 is 8.76 Å². The molecule has 0 aliphatic rings. The summed E-state index contributed by atoms with van der Waals surface area (Å²) in [5, 5.41) is 0. The van der Waals surface area contributed by atoms with Crippen molar-refractivity contribution in [3.63, 3.8) is 0 Å². The predicted octanol–water partition coefficient (Wildman–Crippen LogP) is -0.352. The second-order valence-corrected chi connectivity index (χ2v) is 2.07. The Morgan fingerprint density at radius 2 is 2.50 bits per heavy atom. The lowest BCUT2D eigenvalue weighted by molar-refractivity contribution is 0.535. The standard InChI is InChI=1S/CH5NO2S2/c1-5-2-6(3)4/h2H,1H3,(H,3,4)/p-1. The van der Waals surface area contributed by atoms with Gasteiger partial charge in [0, 0.05) is 11.3 Å². The van der Waals surface area contributed by atoms with Gasteiger partial charge in [-0.25, -0.2) is 0 Å². The molecule has 5 heteroatoms. The smallest absolute Gasteiger partial charge is 0.0283 e. The van der Waals surface area contributed by atoms with Gasteiger partial charge in [0.25, 0.3) is 0 Å². The molecule has 1 atom stereocenters. The molecule has 3 nitrogen and oxygen atoms in total. The Morgan fingerprint density at radius 3 is 2.50 bits per heavy atom. The lowest BCUT2D eigenvalue weighted by Gasteiger charge is -1.99. The molecule has 0 radical (unpaired) electrons. The summed E-state index contributed by atoms with van der Waals surface area (Å²) in [7, 11) is 0. The van der Waals surface area contributed by atoms with Crippen molar-refractivity contribution in [1.82, 2.24) is 4.13 Å². The molecule has 0 bridgehead atoms. The largest absolute Gasteiger partial charge is 0.759 e. The highest BCUT2D eigenvalue weighted by Gasteiger charge is 1.68. The van der Waals surface area contributed by atoms with Crippen LogP contribution in [0.1, 0.15) is 0 Å². The summed E-state index contributed by atoms with van der Waals surface area (Å²) >= 11 is -1.06. The molecule has 0 aliphatic carbocycles. The van der Waals surface area contributed by atoms with E-state index in [4.69, 9.17) is 0 Å². The van der Waals surface area contributed by atoms with E-state index in [9.17, 15) is 8.76 Å². The molecule has 0 rings (SSSR count). The van der Waals surface area contributed by atoms with E-state index in [1.54, 1.807) is 6.26 Å². The summed E-state index contributed by atoms with van der Waals surface area (Å²) in [6.07, 6.45) is 1.63. The Morgan fingerprint density at radius 1 is 2.00 bits per heavy atom. The molecular formula is CH4NO2S2-. The summed E-state index contributed by atoms with van der Waals surface area (Å²) in [6.45, 7) is 0. The molecule has 0 spiro atoms. The van der Waals surface area contributed by atoms with Crippen molar-refractivity contribution in [1.29, 1.82) is 0 Å². The van der Waals surface area contributed by atoms with Crippen LogP contribution >= 0.6 is 11.9 Å². The fraction of sp³-hybridized carbons (Fsp3) is 1.00. The van der Waals surface area contributed by atoms with Crippen molar-refractivity contribution in [3.05, 3.63) is 0 Å². The molecular weight excluding hydrogens is 122 g/mol. The molecule has 0 aromatic carbocycles. The highest BCUT2D eigenvalue weighted by atomic mass is 32.3. The van der Waals surface area contributed by atoms with Gasteiger partial charge < -0.3 is 4.55 Å². The number of nitrogens with one attached hydrogen (secondary N) is 1. The van der Waals surface area contributed by atoms with Crippen LogP contribution < -0.4 is 4.13 Å². The molecule has 1 N–H and O–H groups in total. The Kier molecular flexibility index (Phi) is 3.86. The highest BCUT2D eigenvalue weighted by Crippen LogP contribution is 1.79. The SMILES string of the molecule is CSNS(=O)[O-]. The molecule has 1 unspecified atom stereocenters. The fourth-order valence-corrected chi connectivity index (χ4v) is 0.612. The van der Waals surface area contributed by atoms with Gasteiger partial charge in [-0.15, -0.1) is 0 Å². The molecule has 0 fully saturated rings. The number of hydrogen-bond acceptors (Lipinski definition) is 3. The molecule has 0 aromatic heterocycles. The third kappa shape index (κ3) is 4.42. The quantitative estimate of drug-likeness (QED) is 0.406. The summed E-state index contributed by atoms with van der Waals surface area (Å²) < 4.78 is 21.0. The third-order valence-electron chi connectivity index (χ3n) is 0.151. The first-order chi connectivity index (χ1) is 2.77. The van der Waals surface area contributed by atoms with Crippen LogP contribution in [0.2, 0.25) is 0 Å². The Balaban J connectivity index is 2.83. The minimum absolute atomic E-state index is 1.05. The minimum Gasteiger partial charge on any atom is -0.759 e. The van der Waals surface area contributed by atoms with Crippen molar-refractivity contribution in [3.8, 4) is 0 Å². The number of rotatable bonds is 2. The van der Waals surface area contributed by atoms with E-state index in [2.05, 4.69) is 0 Å². The van der Waals surface area contributed by atoms with Gasteiger partial charge >= 0.3 is 0 Å². The molecule has 0 saturated carbocycles. The Bertz CT molecular complexity index is 55.5. The highest BCUT2D eigenvalue weighted by molar-refractivity contribution is 8.05. The lowest BCUT2D eigenvalue weighted by atomic mass is 12.0. The van der Waals surface area contributed by atoms with Gasteiger partial charge in [0.15, 0.2) is 0 Å². The first kappa shape index (κ1) is 6.42. The lowest BCUT2D eigenvalue weighted by Crippen LogP contribution is -2.04. The van der Waals surface area contributed by atoms with E-state index in [0.29, 0.717) is 0 Å². The summed E-state index contributed by atoms with van der Waals surface area (Å²) in [5.74, 6) is 0. The minimum atomic E-state index is -2.10. The second kappa shape index (κ2) is 3.60. The first-order valence-corrected chi connectivity index (χ1v) is 3.45. The van der Waals surface area contributed by atoms with Crippen LogP contribution in [0.3, 0.4) is 0 Å². The second-order valence-electron chi connectivity index (χ2n) is 0.522. The molecule has 6 heavy (non-hydrogen) atoms. The van der Waals surface area contributed by atoms with Gasteiger partial charge in [-0.05, 0) is 6.26 Å². The fourth-order valence-electron chi connectivity index (χ4n) is 0.0680. The van der Waals surface area contributed by atoms with E-state index in [-0.39, 0.29) is 0 Å². The van der Waals surface area contributed by atoms with Gasteiger partial charge in [-0.3, -0.25) is 4.21 Å². The average Bonchev–Trinajstić information content (AvgIpc) is 1.35. The first-order valence-electron chi connectivity index (χ1n) is 1.15. The van der Waals surface area contributed by atoms with E-state index >= 15 is 0 Å². The van der Waals surface area contributed by atoms with Gasteiger partial charge in [0.05, 0.1) is 0 Å². The zero-order chi connectivity index (χ0) is 4.99. The monoisotopic (exact) mass is 126 g/mol. The summed E-state index contributed by atoms with van der Waals surface area (Å²) in [5.41, 5.74) is 0. The Hall–Kier alpha value is 0.420. The maximum atomic E-state index is 9.47. The van der Waals surface area contributed by atoms with Crippen molar-refractivity contribution in [2.45, 2.75) is 0 Å². The van der Waals surface area contributed by atoms with E-state index < -0.39 is 11.3 Å². The average molecular weight is 126 g/mol. The van der Waals surface area contributed by atoms with Crippen LogP contribution in [0.25, 0.3) is 0 Å². The van der Waals surface area contributed by atoms with Gasteiger partial charge in [0.2, 0.25) is 0 Å². The zero-order valence-corrected chi connectivity index (χ0v) is 4.77. The zero-order valence-electron chi connectivity index (χ0n) is 3.13. The van der Waals surface area contributed by atoms with Crippen LogP contribution in [0.15, 0.2) is 0 Å². The van der Waals surface area contributed by atoms with Crippen LogP contribution in [-0.2, 0) is 11.3 Å². The van der Waals surface area contributed by atoms with Crippen molar-refractivity contribution in [2.24, 2.45) is 0 Å². The number of hydrogen-bond donors (Lipinski definition) is 1.